The number of hydrogen-bond donors (Lipinski definition) is 1. The maximum atomic E-state index is 6.01. The van der Waals surface area contributed by atoms with Crippen LogP contribution in [0.2, 0.25) is 0 Å². The van der Waals surface area contributed by atoms with Crippen LogP contribution in [0.3, 0.4) is 0 Å². The minimum Gasteiger partial charge on any atom is -0.380 e. The quantitative estimate of drug-likeness (QED) is 0.842. The summed E-state index contributed by atoms with van der Waals surface area (Å²) < 4.78 is 11.7. The molecule has 2 fully saturated rings. The topological polar surface area (TPSA) is 33.7 Å². The summed E-state index contributed by atoms with van der Waals surface area (Å²) in [6, 6.07) is 1.06. The molecule has 4 heteroatoms. The number of hydrogen-bond acceptors (Lipinski definition) is 4. The third-order valence-corrected chi connectivity index (χ3v) is 4.05. The van der Waals surface area contributed by atoms with Crippen molar-refractivity contribution in [3.8, 4) is 0 Å². The van der Waals surface area contributed by atoms with Crippen molar-refractivity contribution in [2.24, 2.45) is 0 Å². The standard InChI is InChI=1S/C15H30N2O2/c1-5-7-16-13-6-8-18-10-14(13)17-9-12(2)19-15(3,4)11-17/h12-14,16H,5-11H2,1-4H3. The Kier molecular flexibility index (Phi) is 5.23. The van der Waals surface area contributed by atoms with Crippen LogP contribution >= 0.6 is 0 Å². The molecule has 0 aromatic rings. The molecule has 0 aromatic carbocycles. The Morgan fingerprint density at radius 3 is 2.84 bits per heavy atom. The molecular formula is C15H30N2O2. The van der Waals surface area contributed by atoms with Crippen LogP contribution in [0.1, 0.15) is 40.5 Å². The van der Waals surface area contributed by atoms with Gasteiger partial charge in [-0.25, -0.2) is 0 Å². The Morgan fingerprint density at radius 2 is 2.16 bits per heavy atom. The van der Waals surface area contributed by atoms with Crippen molar-refractivity contribution >= 4 is 0 Å². The summed E-state index contributed by atoms with van der Waals surface area (Å²) in [6.07, 6.45) is 2.61. The fourth-order valence-corrected chi connectivity index (χ4v) is 3.41. The van der Waals surface area contributed by atoms with Crippen molar-refractivity contribution in [1.82, 2.24) is 10.2 Å². The summed E-state index contributed by atoms with van der Waals surface area (Å²) in [4.78, 5) is 2.57. The lowest BCUT2D eigenvalue weighted by atomic mass is 9.97. The van der Waals surface area contributed by atoms with E-state index in [9.17, 15) is 0 Å². The third kappa shape index (κ3) is 4.15. The SMILES string of the molecule is CCCNC1CCOCC1N1CC(C)OC(C)(C)C1. The largest absolute Gasteiger partial charge is 0.380 e. The van der Waals surface area contributed by atoms with Crippen LogP contribution in [-0.4, -0.2) is 61.5 Å². The number of rotatable bonds is 4. The second-order valence-corrected chi connectivity index (χ2v) is 6.61. The van der Waals surface area contributed by atoms with Gasteiger partial charge in [-0.3, -0.25) is 4.90 Å². The van der Waals surface area contributed by atoms with Gasteiger partial charge in [0.1, 0.15) is 0 Å². The molecule has 2 aliphatic rings. The van der Waals surface area contributed by atoms with Crippen molar-refractivity contribution in [3.63, 3.8) is 0 Å². The van der Waals surface area contributed by atoms with Gasteiger partial charge in [0.05, 0.1) is 18.3 Å². The summed E-state index contributed by atoms with van der Waals surface area (Å²) in [5.41, 5.74) is -0.0512. The average Bonchev–Trinajstić information content (AvgIpc) is 2.34. The minimum atomic E-state index is -0.0512. The molecule has 0 aliphatic carbocycles. The van der Waals surface area contributed by atoms with E-state index in [0.717, 1.165) is 39.3 Å². The average molecular weight is 270 g/mol. The molecule has 2 heterocycles. The van der Waals surface area contributed by atoms with E-state index in [1.54, 1.807) is 0 Å². The second-order valence-electron chi connectivity index (χ2n) is 6.61. The minimum absolute atomic E-state index is 0.0512. The first-order chi connectivity index (χ1) is 9.02. The molecule has 3 atom stereocenters. The van der Waals surface area contributed by atoms with Gasteiger partial charge in [-0.05, 0) is 40.2 Å². The molecule has 0 spiro atoms. The van der Waals surface area contributed by atoms with Gasteiger partial charge >= 0.3 is 0 Å². The van der Waals surface area contributed by atoms with E-state index < -0.39 is 0 Å². The highest BCUT2D eigenvalue weighted by Crippen LogP contribution is 2.25. The maximum absolute atomic E-state index is 6.01. The zero-order valence-corrected chi connectivity index (χ0v) is 12.9. The Balaban J connectivity index is 2.00. The molecule has 2 rings (SSSR count). The highest BCUT2D eigenvalue weighted by Gasteiger charge is 2.38. The van der Waals surface area contributed by atoms with E-state index in [1.807, 2.05) is 0 Å². The smallest absolute Gasteiger partial charge is 0.0757 e. The summed E-state index contributed by atoms with van der Waals surface area (Å²) in [5.74, 6) is 0. The van der Waals surface area contributed by atoms with Crippen LogP contribution in [-0.2, 0) is 9.47 Å². The predicted octanol–water partition coefficient (Wildman–Crippen LogP) is 1.64. The van der Waals surface area contributed by atoms with Crippen LogP contribution in [0.4, 0.5) is 0 Å². The van der Waals surface area contributed by atoms with Crippen molar-refractivity contribution in [2.45, 2.75) is 64.3 Å². The summed E-state index contributed by atoms with van der Waals surface area (Å²) >= 11 is 0. The van der Waals surface area contributed by atoms with E-state index in [0.29, 0.717) is 18.2 Å². The van der Waals surface area contributed by atoms with Crippen LogP contribution in [0.15, 0.2) is 0 Å². The van der Waals surface area contributed by atoms with Gasteiger partial charge in [0.2, 0.25) is 0 Å². The van der Waals surface area contributed by atoms with E-state index in [-0.39, 0.29) is 5.60 Å². The van der Waals surface area contributed by atoms with Crippen LogP contribution in [0.25, 0.3) is 0 Å². The first kappa shape index (κ1) is 15.2. The molecule has 2 aliphatic heterocycles. The lowest BCUT2D eigenvalue weighted by Crippen LogP contribution is -2.62. The Morgan fingerprint density at radius 1 is 1.37 bits per heavy atom. The molecule has 0 aromatic heterocycles. The Bertz CT molecular complexity index is 283. The summed E-state index contributed by atoms with van der Waals surface area (Å²) in [7, 11) is 0. The van der Waals surface area contributed by atoms with Crippen molar-refractivity contribution in [3.05, 3.63) is 0 Å². The highest BCUT2D eigenvalue weighted by atomic mass is 16.5. The van der Waals surface area contributed by atoms with Crippen LogP contribution in [0.5, 0.6) is 0 Å². The molecule has 19 heavy (non-hydrogen) atoms. The lowest BCUT2D eigenvalue weighted by Gasteiger charge is -2.48. The van der Waals surface area contributed by atoms with Crippen molar-refractivity contribution in [1.29, 1.82) is 0 Å². The number of morpholine rings is 1. The molecule has 112 valence electrons. The summed E-state index contributed by atoms with van der Waals surface area (Å²) in [6.45, 7) is 13.6. The van der Waals surface area contributed by atoms with E-state index in [4.69, 9.17) is 9.47 Å². The lowest BCUT2D eigenvalue weighted by molar-refractivity contribution is -0.151. The monoisotopic (exact) mass is 270 g/mol. The van der Waals surface area contributed by atoms with E-state index >= 15 is 0 Å². The number of nitrogens with one attached hydrogen (secondary N) is 1. The number of ether oxygens (including phenoxy) is 2. The second kappa shape index (κ2) is 6.53. The van der Waals surface area contributed by atoms with E-state index in [1.165, 1.54) is 6.42 Å². The molecule has 3 unspecified atom stereocenters. The first-order valence-corrected chi connectivity index (χ1v) is 7.75. The summed E-state index contributed by atoms with van der Waals surface area (Å²) in [5, 5.41) is 3.70. The maximum Gasteiger partial charge on any atom is 0.0757 e. The highest BCUT2D eigenvalue weighted by molar-refractivity contribution is 4.93. The molecule has 0 saturated carbocycles. The Hall–Kier alpha value is -0.160. The molecular weight excluding hydrogens is 240 g/mol. The van der Waals surface area contributed by atoms with Crippen molar-refractivity contribution in [2.75, 3.05) is 32.8 Å². The zero-order chi connectivity index (χ0) is 13.9. The normalized spacial score (nSPS) is 36.3. The van der Waals surface area contributed by atoms with Crippen molar-refractivity contribution < 1.29 is 9.47 Å². The third-order valence-electron chi connectivity index (χ3n) is 4.05. The van der Waals surface area contributed by atoms with Gasteiger partial charge in [0, 0.05) is 31.8 Å². The fourth-order valence-electron chi connectivity index (χ4n) is 3.41. The predicted molar refractivity (Wildman–Crippen MR) is 77.5 cm³/mol. The fraction of sp³-hybridized carbons (Fsp3) is 1.00. The Labute approximate surface area is 117 Å². The van der Waals surface area contributed by atoms with Gasteiger partial charge in [-0.1, -0.05) is 6.92 Å². The molecule has 0 bridgehead atoms. The van der Waals surface area contributed by atoms with E-state index in [2.05, 4.69) is 37.9 Å². The number of nitrogens with zero attached hydrogens (tertiary/aromatic N) is 1. The van der Waals surface area contributed by atoms with Gasteiger partial charge in [-0.2, -0.15) is 0 Å². The van der Waals surface area contributed by atoms with Gasteiger partial charge in [0.15, 0.2) is 0 Å². The van der Waals surface area contributed by atoms with Gasteiger partial charge in [-0.15, -0.1) is 0 Å². The molecule has 1 N–H and O–H groups in total. The van der Waals surface area contributed by atoms with Gasteiger partial charge in [0.25, 0.3) is 0 Å². The van der Waals surface area contributed by atoms with Crippen LogP contribution < -0.4 is 5.32 Å². The molecule has 4 nitrogen and oxygen atoms in total. The zero-order valence-electron chi connectivity index (χ0n) is 12.9. The molecule has 0 radical (unpaired) electrons. The van der Waals surface area contributed by atoms with Crippen LogP contribution in [0, 0.1) is 0 Å². The van der Waals surface area contributed by atoms with Gasteiger partial charge < -0.3 is 14.8 Å². The first-order valence-electron chi connectivity index (χ1n) is 7.75. The molecule has 2 saturated heterocycles. The molecule has 0 amide bonds.